The topological polar surface area (TPSA) is 200 Å². The SMILES string of the molecule is C(CC1CNC1)NC1CC1.CC(C)(C)OC(=O)N1CC(CC=O)C1.CC(C)(C)OC(=O)N1CC(CCNC2CC2)C1.Cn1cc2cc(NC(=O)c3cnc(N4CC(CCNC5CC5)C4)cn3)cc(F)c2n1. The summed E-state index contributed by atoms with van der Waals surface area (Å²) < 4.78 is 26.2. The van der Waals surface area contributed by atoms with E-state index in [0.717, 1.165) is 75.4 Å². The molecule has 7 aliphatic rings. The van der Waals surface area contributed by atoms with Crippen molar-refractivity contribution in [3.63, 3.8) is 0 Å². The van der Waals surface area contributed by atoms with Crippen molar-refractivity contribution >= 4 is 46.8 Å². The smallest absolute Gasteiger partial charge is 0.410 e. The third-order valence-electron chi connectivity index (χ3n) is 13.3. The first kappa shape index (κ1) is 53.8. The molecule has 2 aromatic heterocycles. The Morgan fingerprint density at radius 2 is 1.23 bits per heavy atom. The third-order valence-corrected chi connectivity index (χ3v) is 13.3. The van der Waals surface area contributed by atoms with Crippen molar-refractivity contribution in [1.82, 2.24) is 50.8 Å². The highest BCUT2D eigenvalue weighted by molar-refractivity contribution is 6.03. The van der Waals surface area contributed by atoms with E-state index in [1.165, 1.54) is 94.4 Å². The number of anilines is 2. The van der Waals surface area contributed by atoms with Crippen molar-refractivity contribution < 1.29 is 33.0 Å². The van der Waals surface area contributed by atoms with Gasteiger partial charge < -0.3 is 55.6 Å². The zero-order valence-electron chi connectivity index (χ0n) is 43.3. The average molecular weight is 989 g/mol. The van der Waals surface area contributed by atoms with E-state index in [1.54, 1.807) is 35.3 Å². The lowest BCUT2D eigenvalue weighted by molar-refractivity contribution is -0.109. The number of amides is 3. The van der Waals surface area contributed by atoms with E-state index in [9.17, 15) is 23.6 Å². The molecule has 7 fully saturated rings. The van der Waals surface area contributed by atoms with E-state index in [0.29, 0.717) is 48.3 Å². The number of carbonyl (C=O) groups is 4. The molecule has 3 aliphatic carbocycles. The van der Waals surface area contributed by atoms with Gasteiger partial charge in [0.2, 0.25) is 0 Å². The third kappa shape index (κ3) is 18.2. The van der Waals surface area contributed by atoms with Crippen LogP contribution in [0.25, 0.3) is 10.9 Å². The second kappa shape index (κ2) is 24.6. The summed E-state index contributed by atoms with van der Waals surface area (Å²) in [7, 11) is 1.72. The van der Waals surface area contributed by atoms with Crippen molar-refractivity contribution in [3.8, 4) is 0 Å². The molecule has 18 nitrogen and oxygen atoms in total. The van der Waals surface area contributed by atoms with Crippen LogP contribution in [0, 0.1) is 29.5 Å². The molecule has 3 aromatic rings. The first-order valence-electron chi connectivity index (χ1n) is 26.2. The van der Waals surface area contributed by atoms with Gasteiger partial charge in [0.15, 0.2) is 5.82 Å². The Bertz CT molecular complexity index is 2200. The molecule has 0 radical (unpaired) electrons. The van der Waals surface area contributed by atoms with E-state index >= 15 is 0 Å². The molecule has 1 aromatic carbocycles. The van der Waals surface area contributed by atoms with Gasteiger partial charge in [-0.05, 0) is 162 Å². The number of carbonyl (C=O) groups excluding carboxylic acids is 4. The first-order chi connectivity index (χ1) is 33.9. The number of benzene rings is 1. The molecule has 6 heterocycles. The van der Waals surface area contributed by atoms with Gasteiger partial charge in [0.25, 0.3) is 5.91 Å². The number of fused-ring (bicyclic) bond motifs is 1. The second-order valence-corrected chi connectivity index (χ2v) is 22.7. The lowest BCUT2D eigenvalue weighted by Crippen LogP contribution is -2.52. The van der Waals surface area contributed by atoms with Crippen molar-refractivity contribution in [1.29, 1.82) is 0 Å². The Morgan fingerprint density at radius 3 is 1.68 bits per heavy atom. The van der Waals surface area contributed by atoms with E-state index in [1.807, 2.05) is 41.5 Å². The van der Waals surface area contributed by atoms with Gasteiger partial charge in [0.05, 0.1) is 12.4 Å². The number of aldehydes is 1. The summed E-state index contributed by atoms with van der Waals surface area (Å²) in [5, 5.41) is 21.2. The molecule has 10 rings (SSSR count). The summed E-state index contributed by atoms with van der Waals surface area (Å²) in [6, 6.07) is 5.38. The maximum Gasteiger partial charge on any atom is 0.410 e. The van der Waals surface area contributed by atoms with E-state index in [4.69, 9.17) is 9.47 Å². The monoisotopic (exact) mass is 989 g/mol. The number of ether oxygens (including phenoxy) is 2. The van der Waals surface area contributed by atoms with Gasteiger partial charge in [0, 0.05) is 94.1 Å². The first-order valence-corrected chi connectivity index (χ1v) is 26.2. The number of hydrogen-bond donors (Lipinski definition) is 5. The average Bonchev–Trinajstić information content (AvgIpc) is 4.11. The number of aryl methyl sites for hydroxylation is 1. The standard InChI is InChI=1S/C21H24FN7O.C13H24N2O2.C10H17NO3.C8H16N2/c1-28-12-14-6-16(7-17(22)20(14)27-28)26-21(30)18-8-25-19(9-24-18)29-10-13(11-29)4-5-23-15-2-3-15;1-13(2,3)17-12(16)15-8-10(9-15)6-7-14-11-4-5-11;1-10(2,3)14-9(13)11-6-8(7-11)4-5-12;1-2-8(1)10-4-3-7-5-9-6-7/h6-9,12-13,15,23H,2-5,10-11H2,1H3,(H,26,30);10-11,14H,4-9H2,1-3H3;5,8H,4,6-7H2,1-3H3;7-10H,1-6H2. The van der Waals surface area contributed by atoms with E-state index < -0.39 is 17.3 Å². The summed E-state index contributed by atoms with van der Waals surface area (Å²) >= 11 is 0. The predicted molar refractivity (Wildman–Crippen MR) is 273 cm³/mol. The normalized spacial score (nSPS) is 19.3. The minimum absolute atomic E-state index is 0.163. The van der Waals surface area contributed by atoms with Gasteiger partial charge in [-0.25, -0.2) is 23.9 Å². The summed E-state index contributed by atoms with van der Waals surface area (Å²) in [6.07, 6.45) is 17.7. The fraction of sp³-hybridized carbons (Fsp3) is 0.712. The predicted octanol–water partition coefficient (Wildman–Crippen LogP) is 6.12. The Labute approximate surface area is 419 Å². The Kier molecular flexibility index (Phi) is 18.7. The summed E-state index contributed by atoms with van der Waals surface area (Å²) in [4.78, 5) is 60.0. The maximum atomic E-state index is 14.2. The lowest BCUT2D eigenvalue weighted by atomic mass is 9.96. The van der Waals surface area contributed by atoms with Crippen molar-refractivity contribution in [3.05, 3.63) is 42.2 Å². The number of nitrogens with one attached hydrogen (secondary N) is 5. The van der Waals surface area contributed by atoms with Crippen LogP contribution in [-0.2, 0) is 21.3 Å². The highest BCUT2D eigenvalue weighted by atomic mass is 19.1. The van der Waals surface area contributed by atoms with Crippen LogP contribution in [-0.4, -0.2) is 155 Å². The zero-order chi connectivity index (χ0) is 50.7. The zero-order valence-corrected chi connectivity index (χ0v) is 43.3. The molecule has 19 heteroatoms. The van der Waals surface area contributed by atoms with Crippen molar-refractivity contribution in [2.75, 3.05) is 82.2 Å². The Hall–Kier alpha value is -4.98. The lowest BCUT2D eigenvalue weighted by Gasteiger charge is -2.40. The van der Waals surface area contributed by atoms with Crippen LogP contribution in [0.4, 0.5) is 25.5 Å². The summed E-state index contributed by atoms with van der Waals surface area (Å²) in [5.41, 5.74) is 0.00365. The molecular weight excluding hydrogens is 908 g/mol. The van der Waals surface area contributed by atoms with Crippen LogP contribution in [0.1, 0.15) is 116 Å². The molecule has 4 aliphatic heterocycles. The van der Waals surface area contributed by atoms with Crippen LogP contribution < -0.4 is 31.5 Å². The number of halogens is 1. The minimum Gasteiger partial charge on any atom is -0.444 e. The largest absolute Gasteiger partial charge is 0.444 e. The molecule has 0 atom stereocenters. The summed E-state index contributed by atoms with van der Waals surface area (Å²) in [5.74, 6) is 2.52. The molecule has 0 bridgehead atoms. The van der Waals surface area contributed by atoms with Gasteiger partial charge in [-0.2, -0.15) is 5.10 Å². The molecule has 71 heavy (non-hydrogen) atoms. The van der Waals surface area contributed by atoms with Gasteiger partial charge >= 0.3 is 12.2 Å². The Morgan fingerprint density at radius 1 is 0.718 bits per heavy atom. The molecule has 3 amide bonds. The van der Waals surface area contributed by atoms with Gasteiger partial charge in [-0.15, -0.1) is 0 Å². The number of rotatable bonds is 17. The highest BCUT2D eigenvalue weighted by Crippen LogP contribution is 2.27. The quantitative estimate of drug-likeness (QED) is 0.0970. The van der Waals surface area contributed by atoms with Gasteiger partial charge in [-0.3, -0.25) is 9.48 Å². The molecule has 3 saturated carbocycles. The van der Waals surface area contributed by atoms with Crippen molar-refractivity contribution in [2.45, 2.75) is 135 Å². The van der Waals surface area contributed by atoms with Crippen LogP contribution in [0.5, 0.6) is 0 Å². The molecule has 4 saturated heterocycles. The number of hydrogen-bond acceptors (Lipinski definition) is 14. The fourth-order valence-corrected chi connectivity index (χ4v) is 8.47. The Balaban J connectivity index is 0.000000153. The van der Waals surface area contributed by atoms with Crippen LogP contribution >= 0.6 is 0 Å². The highest BCUT2D eigenvalue weighted by Gasteiger charge is 2.35. The molecule has 392 valence electrons. The fourth-order valence-electron chi connectivity index (χ4n) is 8.47. The van der Waals surface area contributed by atoms with Gasteiger partial charge in [-0.1, -0.05) is 0 Å². The van der Waals surface area contributed by atoms with Crippen molar-refractivity contribution in [2.24, 2.45) is 30.7 Å². The number of likely N-dealkylation sites (tertiary alicyclic amines) is 2. The van der Waals surface area contributed by atoms with E-state index in [2.05, 4.69) is 46.6 Å². The molecular formula is C52H81FN12O6. The van der Waals surface area contributed by atoms with Crippen LogP contribution in [0.3, 0.4) is 0 Å². The number of nitrogens with zero attached hydrogens (tertiary/aromatic N) is 7. The van der Waals surface area contributed by atoms with Gasteiger partial charge in [0.1, 0.15) is 34.5 Å². The second-order valence-electron chi connectivity index (χ2n) is 22.7. The number of aromatic nitrogens is 4. The molecule has 5 N–H and O–H groups in total. The van der Waals surface area contributed by atoms with Crippen LogP contribution in [0.15, 0.2) is 30.7 Å². The maximum absolute atomic E-state index is 14.2. The van der Waals surface area contributed by atoms with Crippen LogP contribution in [0.2, 0.25) is 0 Å². The van der Waals surface area contributed by atoms with E-state index in [-0.39, 0.29) is 29.0 Å². The molecule has 0 unspecified atom stereocenters. The minimum atomic E-state index is -0.482. The summed E-state index contributed by atoms with van der Waals surface area (Å²) in [6.45, 7) is 22.1. The molecule has 0 spiro atoms.